The monoisotopic (exact) mass is 389 g/mol. The summed E-state index contributed by atoms with van der Waals surface area (Å²) < 4.78 is 10.4. The van der Waals surface area contributed by atoms with Crippen LogP contribution in [0.15, 0.2) is 53.7 Å². The first-order chi connectivity index (χ1) is 12.7. The van der Waals surface area contributed by atoms with Crippen molar-refractivity contribution in [1.82, 2.24) is 0 Å². The van der Waals surface area contributed by atoms with Crippen LogP contribution in [0.2, 0.25) is 0 Å². The lowest BCUT2D eigenvalue weighted by atomic mass is 10.0. The molecule has 0 spiro atoms. The molecule has 0 amide bonds. The molecule has 2 aromatic carbocycles. The number of methoxy groups -OCH3 is 2. The van der Waals surface area contributed by atoms with Crippen molar-refractivity contribution >= 4 is 29.2 Å². The fraction of sp³-hybridized carbons (Fsp3) is 0.350. The maximum Gasteiger partial charge on any atom is 0.118 e. The molecule has 0 unspecified atom stereocenters. The fourth-order valence-electron chi connectivity index (χ4n) is 2.99. The van der Waals surface area contributed by atoms with Gasteiger partial charge < -0.3 is 14.7 Å². The van der Waals surface area contributed by atoms with Crippen molar-refractivity contribution in [1.29, 1.82) is 0 Å². The van der Waals surface area contributed by atoms with E-state index < -0.39 is 0 Å². The molecule has 1 aliphatic heterocycles. The van der Waals surface area contributed by atoms with Gasteiger partial charge in [0.2, 0.25) is 0 Å². The van der Waals surface area contributed by atoms with Gasteiger partial charge in [-0.25, -0.2) is 0 Å². The molecule has 0 aromatic heterocycles. The van der Waals surface area contributed by atoms with E-state index in [0.29, 0.717) is 12.1 Å². The van der Waals surface area contributed by atoms with Gasteiger partial charge in [0.1, 0.15) is 11.5 Å². The fourth-order valence-corrected chi connectivity index (χ4v) is 6.33. The summed E-state index contributed by atoms with van der Waals surface area (Å²) in [7, 11) is 3.32. The van der Waals surface area contributed by atoms with Crippen LogP contribution in [-0.4, -0.2) is 36.6 Å². The van der Waals surface area contributed by atoms with Crippen LogP contribution in [0.4, 0.5) is 0 Å². The van der Waals surface area contributed by atoms with Crippen molar-refractivity contribution in [3.05, 3.63) is 59.7 Å². The lowest BCUT2D eigenvalue weighted by Crippen LogP contribution is -2.26. The molecule has 0 aliphatic carbocycles. The predicted molar refractivity (Wildman–Crippen MR) is 110 cm³/mol. The second-order valence-electron chi connectivity index (χ2n) is 5.98. The summed E-state index contributed by atoms with van der Waals surface area (Å²) in [5, 5.41) is 13.3. The molecule has 138 valence electrons. The van der Waals surface area contributed by atoms with Crippen molar-refractivity contribution in [3.8, 4) is 11.5 Å². The predicted octanol–water partition coefficient (Wildman–Crippen LogP) is 5.00. The summed E-state index contributed by atoms with van der Waals surface area (Å²) in [6.07, 6.45) is 1.85. The molecule has 1 saturated heterocycles. The zero-order valence-electron chi connectivity index (χ0n) is 15.0. The largest absolute Gasteiger partial charge is 0.497 e. The zero-order chi connectivity index (χ0) is 18.4. The lowest BCUT2D eigenvalue weighted by Gasteiger charge is -2.37. The van der Waals surface area contributed by atoms with Crippen LogP contribution in [0.5, 0.6) is 11.5 Å². The van der Waals surface area contributed by atoms with Gasteiger partial charge in [0, 0.05) is 6.42 Å². The first kappa shape index (κ1) is 19.0. The summed E-state index contributed by atoms with van der Waals surface area (Å²) in [6, 6.07) is 15.9. The molecule has 1 aliphatic rings. The normalized spacial score (nSPS) is 16.9. The molecule has 1 heterocycles. The number of rotatable bonds is 6. The average Bonchev–Trinajstić information content (AvgIpc) is 2.73. The van der Waals surface area contributed by atoms with E-state index in [0.717, 1.165) is 28.6 Å². The minimum Gasteiger partial charge on any atom is -0.497 e. The van der Waals surface area contributed by atoms with Crippen LogP contribution < -0.4 is 9.47 Å². The average molecular weight is 390 g/mol. The smallest absolute Gasteiger partial charge is 0.118 e. The number of hydrogen-bond acceptors (Lipinski definition) is 6. The molecule has 26 heavy (non-hydrogen) atoms. The summed E-state index contributed by atoms with van der Waals surface area (Å²) in [6.45, 7) is 0. The van der Waals surface area contributed by atoms with Gasteiger partial charge in [-0.1, -0.05) is 17.3 Å². The van der Waals surface area contributed by atoms with Crippen LogP contribution in [0.1, 0.15) is 24.0 Å². The third-order valence-electron chi connectivity index (χ3n) is 4.43. The molecule has 4 nitrogen and oxygen atoms in total. The molecule has 2 aromatic rings. The summed E-state index contributed by atoms with van der Waals surface area (Å²) >= 11 is 3.86. The maximum absolute atomic E-state index is 9.70. The van der Waals surface area contributed by atoms with Gasteiger partial charge in [-0.15, -0.1) is 23.5 Å². The third kappa shape index (κ3) is 4.13. The SMILES string of the molecule is COc1ccc(/C(CC2(c3ccc(OC)cc3)SCCCS2)=N/O)cc1. The summed E-state index contributed by atoms with van der Waals surface area (Å²) in [5.74, 6) is 3.83. The van der Waals surface area contributed by atoms with Gasteiger partial charge in [-0.05, 0) is 65.5 Å². The second kappa shape index (κ2) is 8.73. The molecule has 6 heteroatoms. The van der Waals surface area contributed by atoms with Gasteiger partial charge >= 0.3 is 0 Å². The molecular weight excluding hydrogens is 366 g/mol. The number of oxime groups is 1. The van der Waals surface area contributed by atoms with E-state index >= 15 is 0 Å². The topological polar surface area (TPSA) is 51.0 Å². The Morgan fingerprint density at radius 2 is 1.50 bits per heavy atom. The standard InChI is InChI=1S/C20H23NO3S2/c1-23-17-8-4-15(5-9-17)19(21-22)14-20(25-12-3-13-26-20)16-6-10-18(24-2)11-7-16/h4-11,22H,3,12-14H2,1-2H3/b21-19+. The highest BCUT2D eigenvalue weighted by Gasteiger charge is 2.37. The first-order valence-electron chi connectivity index (χ1n) is 8.48. The number of nitrogens with zero attached hydrogens (tertiary/aromatic N) is 1. The summed E-state index contributed by atoms with van der Waals surface area (Å²) in [4.78, 5) is 0. The number of thioether (sulfide) groups is 2. The van der Waals surface area contributed by atoms with E-state index in [1.165, 1.54) is 12.0 Å². The molecule has 0 saturated carbocycles. The van der Waals surface area contributed by atoms with Crippen LogP contribution in [0, 0.1) is 0 Å². The van der Waals surface area contributed by atoms with Crippen molar-refractivity contribution in [2.24, 2.45) is 5.16 Å². The van der Waals surface area contributed by atoms with E-state index in [1.807, 2.05) is 59.9 Å². The Bertz CT molecular complexity index is 739. The third-order valence-corrected chi connectivity index (χ3v) is 7.82. The van der Waals surface area contributed by atoms with Gasteiger partial charge in [0.05, 0.1) is 24.0 Å². The minimum absolute atomic E-state index is 0.161. The number of ether oxygens (including phenoxy) is 2. The Hall–Kier alpha value is -1.79. The Balaban J connectivity index is 1.91. The van der Waals surface area contributed by atoms with Crippen molar-refractivity contribution in [2.75, 3.05) is 25.7 Å². The second-order valence-corrected chi connectivity index (χ2v) is 9.03. The Kier molecular flexibility index (Phi) is 6.38. The van der Waals surface area contributed by atoms with Crippen LogP contribution in [0.25, 0.3) is 0 Å². The Labute approximate surface area is 163 Å². The number of benzene rings is 2. The quantitative estimate of drug-likeness (QED) is 0.428. The molecule has 1 fully saturated rings. The van der Waals surface area contributed by atoms with E-state index in [9.17, 15) is 5.21 Å². The van der Waals surface area contributed by atoms with E-state index in [2.05, 4.69) is 17.3 Å². The van der Waals surface area contributed by atoms with E-state index in [-0.39, 0.29) is 4.08 Å². The molecule has 3 rings (SSSR count). The van der Waals surface area contributed by atoms with Gasteiger partial charge in [0.15, 0.2) is 0 Å². The molecule has 0 atom stereocenters. The Morgan fingerprint density at radius 3 is 2.00 bits per heavy atom. The number of hydrogen-bond donors (Lipinski definition) is 1. The first-order valence-corrected chi connectivity index (χ1v) is 10.5. The molecule has 0 radical (unpaired) electrons. The minimum atomic E-state index is -0.161. The van der Waals surface area contributed by atoms with Gasteiger partial charge in [-0.2, -0.15) is 0 Å². The van der Waals surface area contributed by atoms with Crippen LogP contribution in [0.3, 0.4) is 0 Å². The lowest BCUT2D eigenvalue weighted by molar-refractivity contribution is 0.317. The highest BCUT2D eigenvalue weighted by molar-refractivity contribution is 8.18. The van der Waals surface area contributed by atoms with Crippen molar-refractivity contribution in [3.63, 3.8) is 0 Å². The van der Waals surface area contributed by atoms with Crippen LogP contribution in [-0.2, 0) is 4.08 Å². The van der Waals surface area contributed by atoms with E-state index in [4.69, 9.17) is 9.47 Å². The maximum atomic E-state index is 9.70. The highest BCUT2D eigenvalue weighted by atomic mass is 32.2. The van der Waals surface area contributed by atoms with Crippen molar-refractivity contribution < 1.29 is 14.7 Å². The molecule has 0 bridgehead atoms. The van der Waals surface area contributed by atoms with Crippen LogP contribution >= 0.6 is 23.5 Å². The summed E-state index contributed by atoms with van der Waals surface area (Å²) in [5.41, 5.74) is 2.82. The van der Waals surface area contributed by atoms with Gasteiger partial charge in [-0.3, -0.25) is 0 Å². The zero-order valence-corrected chi connectivity index (χ0v) is 16.6. The van der Waals surface area contributed by atoms with E-state index in [1.54, 1.807) is 14.2 Å². The van der Waals surface area contributed by atoms with Gasteiger partial charge in [0.25, 0.3) is 0 Å². The highest BCUT2D eigenvalue weighted by Crippen LogP contribution is 2.53. The van der Waals surface area contributed by atoms with Crippen molar-refractivity contribution in [2.45, 2.75) is 16.9 Å². The molecular formula is C20H23NO3S2. The Morgan fingerprint density at radius 1 is 0.962 bits per heavy atom. The molecule has 1 N–H and O–H groups in total.